The number of alkyl halides is 3. The molecular formula is C50H60F3N7O9S. The maximum Gasteiger partial charge on any atom is 0.417 e. The van der Waals surface area contributed by atoms with E-state index in [4.69, 9.17) is 19.5 Å². The van der Waals surface area contributed by atoms with Crippen LogP contribution in [0.3, 0.4) is 0 Å². The lowest BCUT2D eigenvalue weighted by Crippen LogP contribution is -2.57. The van der Waals surface area contributed by atoms with Crippen LogP contribution in [-0.2, 0) is 41.4 Å². The molecule has 376 valence electrons. The third-order valence-corrected chi connectivity index (χ3v) is 13.1. The molecule has 16 nitrogen and oxygen atoms in total. The third-order valence-electron chi connectivity index (χ3n) is 12.2. The fourth-order valence-corrected chi connectivity index (χ4v) is 9.19. The summed E-state index contributed by atoms with van der Waals surface area (Å²) in [6, 6.07) is 16.8. The second kappa shape index (κ2) is 22.8. The van der Waals surface area contributed by atoms with Crippen LogP contribution in [0.1, 0.15) is 82.7 Å². The number of carbonyl (C=O) groups is 4. The first-order valence-corrected chi connectivity index (χ1v) is 23.9. The van der Waals surface area contributed by atoms with Gasteiger partial charge < -0.3 is 44.9 Å². The number of anilines is 2. The number of aliphatic hydroxyl groups is 2. The monoisotopic (exact) mass is 991 g/mol. The molecule has 4 N–H and O–H groups in total. The molecule has 0 radical (unpaired) electrons. The maximum atomic E-state index is 14.0. The molecule has 0 spiro atoms. The van der Waals surface area contributed by atoms with Crippen molar-refractivity contribution in [3.05, 3.63) is 94.6 Å². The third kappa shape index (κ3) is 12.8. The number of thiazole rings is 1. The number of likely N-dealkylation sites (tertiary alicyclic amines) is 1. The first-order valence-electron chi connectivity index (χ1n) is 23.0. The highest BCUT2D eigenvalue weighted by molar-refractivity contribution is 7.13. The standard InChI is InChI=1S/C50H60F3N7O9S/c1-31-42(70-30-56-31)33-12-10-32(11-13-33)28-55-44(63)40-26-37(61)29-58(40)45(64)43(48(2,3)4)57-41(62)9-7-8-20-67-21-22-68-23-24-69-38-18-16-35(17-19-38)60-47(66)59(46(65)49(60,5)6)36-15-14-34(27-54)39(25-36)50(51,52)53/h10-19,25,30,37,40,43,47,61,66H,7-9,20-24,26,28-29H2,1-6H3,(H,55,63)(H,57,62)/t37-,40+,43?,47?/m1/s1. The molecule has 2 unspecified atom stereocenters. The van der Waals surface area contributed by atoms with Gasteiger partial charge in [0.25, 0.3) is 5.91 Å². The number of ether oxygens (including phenoxy) is 3. The number of amides is 4. The fourth-order valence-electron chi connectivity index (χ4n) is 8.37. The number of carbonyl (C=O) groups excluding carboxylic acids is 4. The molecule has 4 amide bonds. The number of nitriles is 1. The molecular weight excluding hydrogens is 932 g/mol. The van der Waals surface area contributed by atoms with Gasteiger partial charge in [0.1, 0.15) is 30.0 Å². The lowest BCUT2D eigenvalue weighted by atomic mass is 9.85. The van der Waals surface area contributed by atoms with E-state index in [9.17, 15) is 42.6 Å². The second-order valence-electron chi connectivity index (χ2n) is 18.8. The van der Waals surface area contributed by atoms with Crippen LogP contribution in [0.15, 0.2) is 72.2 Å². The molecule has 4 atom stereocenters. The highest BCUT2D eigenvalue weighted by Crippen LogP contribution is 2.41. The summed E-state index contributed by atoms with van der Waals surface area (Å²) in [5, 5.41) is 36.8. The molecule has 1 aromatic heterocycles. The van der Waals surface area contributed by atoms with E-state index in [0.717, 1.165) is 32.7 Å². The van der Waals surface area contributed by atoms with E-state index < -0.39 is 64.6 Å². The van der Waals surface area contributed by atoms with Gasteiger partial charge in [-0.2, -0.15) is 18.4 Å². The Hall–Kier alpha value is -6.11. The molecule has 0 aliphatic carbocycles. The number of benzene rings is 3. The molecule has 2 aliphatic heterocycles. The zero-order chi connectivity index (χ0) is 51.0. The van der Waals surface area contributed by atoms with Crippen molar-refractivity contribution in [1.82, 2.24) is 20.5 Å². The van der Waals surface area contributed by atoms with Crippen LogP contribution in [-0.4, -0.2) is 113 Å². The minimum atomic E-state index is -4.84. The lowest BCUT2D eigenvalue weighted by molar-refractivity contribution is -0.144. The number of halogens is 3. The van der Waals surface area contributed by atoms with E-state index in [1.807, 2.05) is 52.0 Å². The van der Waals surface area contributed by atoms with Crippen LogP contribution in [0.2, 0.25) is 0 Å². The fraction of sp³-hybridized carbons (Fsp3) is 0.480. The smallest absolute Gasteiger partial charge is 0.417 e. The van der Waals surface area contributed by atoms with Gasteiger partial charge in [0.15, 0.2) is 0 Å². The molecule has 70 heavy (non-hydrogen) atoms. The van der Waals surface area contributed by atoms with Crippen LogP contribution in [0.25, 0.3) is 10.4 Å². The molecule has 0 saturated carbocycles. The van der Waals surface area contributed by atoms with Crippen molar-refractivity contribution >= 4 is 46.3 Å². The van der Waals surface area contributed by atoms with Crippen molar-refractivity contribution in [3.63, 3.8) is 0 Å². The van der Waals surface area contributed by atoms with Gasteiger partial charge in [-0.05, 0) is 92.6 Å². The van der Waals surface area contributed by atoms with Crippen LogP contribution >= 0.6 is 11.3 Å². The van der Waals surface area contributed by atoms with Crippen LogP contribution in [0.4, 0.5) is 24.5 Å². The summed E-state index contributed by atoms with van der Waals surface area (Å²) in [4.78, 5) is 62.9. The van der Waals surface area contributed by atoms with Crippen molar-refractivity contribution in [3.8, 4) is 22.3 Å². The highest BCUT2D eigenvalue weighted by Gasteiger charge is 2.52. The summed E-state index contributed by atoms with van der Waals surface area (Å²) < 4.78 is 58.1. The Balaban J connectivity index is 0.866. The highest BCUT2D eigenvalue weighted by atomic mass is 32.1. The molecule has 2 fully saturated rings. The average Bonchev–Trinajstić information content (AvgIpc) is 3.98. The first-order chi connectivity index (χ1) is 33.1. The molecule has 0 bridgehead atoms. The second-order valence-corrected chi connectivity index (χ2v) is 19.6. The van der Waals surface area contributed by atoms with Gasteiger partial charge in [0.2, 0.25) is 24.1 Å². The number of aromatic nitrogens is 1. The van der Waals surface area contributed by atoms with E-state index in [-0.39, 0.29) is 56.6 Å². The van der Waals surface area contributed by atoms with Gasteiger partial charge in [0, 0.05) is 43.9 Å². The number of rotatable bonds is 20. The van der Waals surface area contributed by atoms with Gasteiger partial charge in [-0.15, -0.1) is 11.3 Å². The van der Waals surface area contributed by atoms with E-state index in [2.05, 4.69) is 15.6 Å². The Labute approximate surface area is 409 Å². The molecule has 20 heteroatoms. The number of nitrogens with one attached hydrogen (secondary N) is 2. The van der Waals surface area contributed by atoms with Crippen molar-refractivity contribution in [2.24, 2.45) is 5.41 Å². The molecule has 3 aromatic carbocycles. The van der Waals surface area contributed by atoms with Gasteiger partial charge in [-0.1, -0.05) is 45.0 Å². The normalized spacial score (nSPS) is 18.5. The van der Waals surface area contributed by atoms with Gasteiger partial charge >= 0.3 is 6.18 Å². The SMILES string of the molecule is Cc1ncsc1-c1ccc(CNC(=O)[C@@H]2C[C@@H](O)CN2C(=O)C(NC(=O)CCCCOCCOCCOc2ccc(N3C(O)N(c4ccc(C#N)c(C(F)(F)F)c4)C(=O)C3(C)C)cc2)C(C)(C)C)cc1. The summed E-state index contributed by atoms with van der Waals surface area (Å²) in [6.45, 7) is 12.2. The molecule has 6 rings (SSSR count). The summed E-state index contributed by atoms with van der Waals surface area (Å²) in [7, 11) is 0. The topological polar surface area (TPSA) is 207 Å². The minimum absolute atomic E-state index is 0.0198. The average molecular weight is 992 g/mol. The maximum absolute atomic E-state index is 14.0. The van der Waals surface area contributed by atoms with Crippen molar-refractivity contribution in [2.75, 3.05) is 49.4 Å². The van der Waals surface area contributed by atoms with Crippen molar-refractivity contribution in [1.29, 1.82) is 5.26 Å². The summed E-state index contributed by atoms with van der Waals surface area (Å²) in [5.41, 5.74) is 1.04. The van der Waals surface area contributed by atoms with Crippen LogP contribution in [0.5, 0.6) is 5.75 Å². The Kier molecular flexibility index (Phi) is 17.3. The predicted molar refractivity (Wildman–Crippen MR) is 255 cm³/mol. The Bertz CT molecular complexity index is 2510. The minimum Gasteiger partial charge on any atom is -0.491 e. The summed E-state index contributed by atoms with van der Waals surface area (Å²) in [6.07, 6.45) is -6.03. The van der Waals surface area contributed by atoms with Crippen molar-refractivity contribution in [2.45, 2.75) is 110 Å². The molecule has 2 aliphatic rings. The lowest BCUT2D eigenvalue weighted by Gasteiger charge is -2.35. The van der Waals surface area contributed by atoms with Crippen molar-refractivity contribution < 1.29 is 56.8 Å². The molecule has 3 heterocycles. The number of hydrogen-bond acceptors (Lipinski definition) is 13. The van der Waals surface area contributed by atoms with Crippen LogP contribution in [0, 0.1) is 23.7 Å². The molecule has 4 aromatic rings. The van der Waals surface area contributed by atoms with Gasteiger partial charge in [0.05, 0.1) is 59.2 Å². The Morgan fingerprint density at radius 2 is 1.60 bits per heavy atom. The number of aliphatic hydroxyl groups excluding tert-OH is 2. The van der Waals surface area contributed by atoms with Crippen LogP contribution < -0.4 is 25.2 Å². The van der Waals surface area contributed by atoms with E-state index >= 15 is 0 Å². The molecule has 2 saturated heterocycles. The van der Waals surface area contributed by atoms with Gasteiger partial charge in [-0.25, -0.2) is 4.98 Å². The van der Waals surface area contributed by atoms with E-state index in [0.29, 0.717) is 50.2 Å². The number of unbranched alkanes of at least 4 members (excludes halogenated alkanes) is 1. The predicted octanol–water partition coefficient (Wildman–Crippen LogP) is 6.31. The number of β-amino-alcohol motifs (C(OH)–C–C–N with tert-alkyl or cyclic N) is 1. The largest absolute Gasteiger partial charge is 0.491 e. The Morgan fingerprint density at radius 1 is 0.943 bits per heavy atom. The zero-order valence-corrected chi connectivity index (χ0v) is 40.9. The van der Waals surface area contributed by atoms with E-state index in [1.54, 1.807) is 55.0 Å². The number of aryl methyl sites for hydroxylation is 1. The summed E-state index contributed by atoms with van der Waals surface area (Å²) >= 11 is 1.56. The quantitative estimate of drug-likeness (QED) is 0.0720. The first kappa shape index (κ1) is 53.2. The Morgan fingerprint density at radius 3 is 2.23 bits per heavy atom. The zero-order valence-electron chi connectivity index (χ0n) is 40.0. The number of hydrogen-bond donors (Lipinski definition) is 4. The number of nitrogens with zero attached hydrogens (tertiary/aromatic N) is 5. The summed E-state index contributed by atoms with van der Waals surface area (Å²) in [5.74, 6) is -1.29. The van der Waals surface area contributed by atoms with E-state index in [1.165, 1.54) is 21.9 Å². The van der Waals surface area contributed by atoms with Gasteiger partial charge in [-0.3, -0.25) is 24.1 Å².